The Morgan fingerprint density at radius 2 is 1.64 bits per heavy atom. The smallest absolute Gasteiger partial charge is 0.363 e. The lowest BCUT2D eigenvalue weighted by Gasteiger charge is -1.94. The summed E-state index contributed by atoms with van der Waals surface area (Å²) >= 11 is 0. The summed E-state index contributed by atoms with van der Waals surface area (Å²) in [7, 11) is 0. The van der Waals surface area contributed by atoms with Crippen molar-refractivity contribution < 1.29 is 14.6 Å². The molecule has 0 aliphatic carbocycles. The standard InChI is InChI=1S/C18H13NO3/c20-15-9-6-14(7-10-15)12-16-18(21)22-17(19-16)11-8-13-4-2-1-3-5-13/h1-12,20H/b11-8+,16-12-. The van der Waals surface area contributed by atoms with Gasteiger partial charge in [0.25, 0.3) is 0 Å². The first kappa shape index (κ1) is 13.8. The molecule has 1 heterocycles. The normalized spacial score (nSPS) is 16.1. The Labute approximate surface area is 127 Å². The zero-order chi connectivity index (χ0) is 15.4. The molecule has 1 N–H and O–H groups in total. The van der Waals surface area contributed by atoms with E-state index in [0.717, 1.165) is 11.1 Å². The van der Waals surface area contributed by atoms with Gasteiger partial charge in [0.2, 0.25) is 5.90 Å². The molecule has 0 amide bonds. The summed E-state index contributed by atoms with van der Waals surface area (Å²) < 4.78 is 5.10. The minimum absolute atomic E-state index is 0.172. The fraction of sp³-hybridized carbons (Fsp3) is 0. The highest BCUT2D eigenvalue weighted by Gasteiger charge is 2.20. The number of carbonyl (C=O) groups excluding carboxylic acids is 1. The van der Waals surface area contributed by atoms with Crippen LogP contribution in [0.25, 0.3) is 12.2 Å². The summed E-state index contributed by atoms with van der Waals surface area (Å²) in [4.78, 5) is 15.9. The summed E-state index contributed by atoms with van der Waals surface area (Å²) in [5, 5.41) is 9.24. The average Bonchev–Trinajstić information content (AvgIpc) is 2.89. The van der Waals surface area contributed by atoms with Crippen LogP contribution in [0.5, 0.6) is 5.75 Å². The second-order valence-electron chi connectivity index (χ2n) is 4.70. The zero-order valence-corrected chi connectivity index (χ0v) is 11.6. The number of ether oxygens (including phenoxy) is 1. The quantitative estimate of drug-likeness (QED) is 0.696. The maximum absolute atomic E-state index is 11.8. The van der Waals surface area contributed by atoms with Gasteiger partial charge in [0.1, 0.15) is 5.75 Å². The molecule has 2 aromatic rings. The summed E-state index contributed by atoms with van der Waals surface area (Å²) in [6.07, 6.45) is 5.10. The molecule has 0 spiro atoms. The number of phenolic OH excluding ortho intramolecular Hbond substituents is 1. The fourth-order valence-electron chi connectivity index (χ4n) is 1.96. The van der Waals surface area contributed by atoms with Crippen LogP contribution in [0, 0.1) is 0 Å². The number of phenols is 1. The zero-order valence-electron chi connectivity index (χ0n) is 11.6. The van der Waals surface area contributed by atoms with Crippen molar-refractivity contribution in [2.24, 2.45) is 4.99 Å². The number of aromatic hydroxyl groups is 1. The van der Waals surface area contributed by atoms with E-state index in [1.807, 2.05) is 36.4 Å². The summed E-state index contributed by atoms with van der Waals surface area (Å²) in [6, 6.07) is 16.2. The van der Waals surface area contributed by atoms with E-state index in [1.54, 1.807) is 36.4 Å². The number of hydrogen-bond donors (Lipinski definition) is 1. The Balaban J connectivity index is 1.79. The van der Waals surface area contributed by atoms with E-state index in [-0.39, 0.29) is 17.3 Å². The van der Waals surface area contributed by atoms with Crippen molar-refractivity contribution in [3.05, 3.63) is 77.5 Å². The lowest BCUT2D eigenvalue weighted by Crippen LogP contribution is -2.01. The van der Waals surface area contributed by atoms with E-state index in [4.69, 9.17) is 4.74 Å². The molecular weight excluding hydrogens is 278 g/mol. The number of hydrogen-bond acceptors (Lipinski definition) is 4. The number of aliphatic imine (C=N–C) groups is 1. The number of cyclic esters (lactones) is 1. The van der Waals surface area contributed by atoms with Crippen LogP contribution in [0.2, 0.25) is 0 Å². The van der Waals surface area contributed by atoms with E-state index in [2.05, 4.69) is 4.99 Å². The molecule has 1 aliphatic rings. The maximum Gasteiger partial charge on any atom is 0.363 e. The van der Waals surface area contributed by atoms with Gasteiger partial charge in [-0.1, -0.05) is 42.5 Å². The van der Waals surface area contributed by atoms with Crippen LogP contribution in [-0.4, -0.2) is 17.0 Å². The highest BCUT2D eigenvalue weighted by atomic mass is 16.6. The predicted molar refractivity (Wildman–Crippen MR) is 85.1 cm³/mol. The number of carbonyl (C=O) groups is 1. The highest BCUT2D eigenvalue weighted by Crippen LogP contribution is 2.18. The molecular formula is C18H13NO3. The average molecular weight is 291 g/mol. The molecule has 0 bridgehead atoms. The molecule has 2 aromatic carbocycles. The van der Waals surface area contributed by atoms with E-state index in [9.17, 15) is 9.90 Å². The van der Waals surface area contributed by atoms with Crippen LogP contribution in [-0.2, 0) is 9.53 Å². The molecule has 4 heteroatoms. The van der Waals surface area contributed by atoms with Crippen LogP contribution in [0.1, 0.15) is 11.1 Å². The molecule has 22 heavy (non-hydrogen) atoms. The monoisotopic (exact) mass is 291 g/mol. The van der Waals surface area contributed by atoms with Crippen LogP contribution >= 0.6 is 0 Å². The molecule has 108 valence electrons. The Morgan fingerprint density at radius 3 is 2.36 bits per heavy atom. The second kappa shape index (κ2) is 6.10. The van der Waals surface area contributed by atoms with Gasteiger partial charge < -0.3 is 9.84 Å². The van der Waals surface area contributed by atoms with Crippen molar-refractivity contribution in [2.45, 2.75) is 0 Å². The van der Waals surface area contributed by atoms with Gasteiger partial charge >= 0.3 is 5.97 Å². The van der Waals surface area contributed by atoms with E-state index in [1.165, 1.54) is 0 Å². The van der Waals surface area contributed by atoms with Gasteiger partial charge in [-0.3, -0.25) is 0 Å². The number of rotatable bonds is 3. The maximum atomic E-state index is 11.8. The number of esters is 1. The number of nitrogens with zero attached hydrogens (tertiary/aromatic N) is 1. The molecule has 0 fully saturated rings. The van der Waals surface area contributed by atoms with Crippen LogP contribution in [0.3, 0.4) is 0 Å². The molecule has 1 aliphatic heterocycles. The van der Waals surface area contributed by atoms with Crippen molar-refractivity contribution in [3.63, 3.8) is 0 Å². The van der Waals surface area contributed by atoms with Gasteiger partial charge in [0.05, 0.1) is 0 Å². The molecule has 0 saturated carbocycles. The third kappa shape index (κ3) is 3.30. The van der Waals surface area contributed by atoms with Crippen molar-refractivity contribution in [1.82, 2.24) is 0 Å². The van der Waals surface area contributed by atoms with Crippen LogP contribution < -0.4 is 0 Å². The second-order valence-corrected chi connectivity index (χ2v) is 4.70. The van der Waals surface area contributed by atoms with Gasteiger partial charge in [-0.2, -0.15) is 0 Å². The molecule has 0 saturated heterocycles. The largest absolute Gasteiger partial charge is 0.508 e. The molecule has 4 nitrogen and oxygen atoms in total. The highest BCUT2D eigenvalue weighted by molar-refractivity contribution is 6.11. The van der Waals surface area contributed by atoms with Gasteiger partial charge in [-0.15, -0.1) is 0 Å². The summed E-state index contributed by atoms with van der Waals surface area (Å²) in [6.45, 7) is 0. The lowest BCUT2D eigenvalue weighted by molar-refractivity contribution is -0.129. The molecule has 0 radical (unpaired) electrons. The third-order valence-electron chi connectivity index (χ3n) is 3.05. The lowest BCUT2D eigenvalue weighted by atomic mass is 10.2. The fourth-order valence-corrected chi connectivity index (χ4v) is 1.96. The molecule has 0 aromatic heterocycles. The van der Waals surface area contributed by atoms with E-state index >= 15 is 0 Å². The van der Waals surface area contributed by atoms with Gasteiger partial charge in [-0.25, -0.2) is 9.79 Å². The minimum Gasteiger partial charge on any atom is -0.508 e. The SMILES string of the molecule is O=C1OC(/C=C/c2ccccc2)=NC/1=C\c1ccc(O)cc1. The van der Waals surface area contributed by atoms with Crippen molar-refractivity contribution in [1.29, 1.82) is 0 Å². The summed E-state index contributed by atoms with van der Waals surface area (Å²) in [5.74, 6) is -0.0502. The Morgan fingerprint density at radius 1 is 0.909 bits per heavy atom. The van der Waals surface area contributed by atoms with Crippen molar-refractivity contribution in [2.75, 3.05) is 0 Å². The first-order chi connectivity index (χ1) is 10.7. The third-order valence-corrected chi connectivity index (χ3v) is 3.05. The topological polar surface area (TPSA) is 58.9 Å². The summed E-state index contributed by atoms with van der Waals surface area (Å²) in [5.41, 5.74) is 2.00. The van der Waals surface area contributed by atoms with Crippen molar-refractivity contribution in [3.8, 4) is 5.75 Å². The van der Waals surface area contributed by atoms with Crippen LogP contribution in [0.15, 0.2) is 71.4 Å². The predicted octanol–water partition coefficient (Wildman–Crippen LogP) is 3.40. The van der Waals surface area contributed by atoms with Gasteiger partial charge in [0, 0.05) is 6.08 Å². The van der Waals surface area contributed by atoms with Gasteiger partial charge in [0.15, 0.2) is 5.70 Å². The molecule has 0 atom stereocenters. The van der Waals surface area contributed by atoms with Crippen LogP contribution in [0.4, 0.5) is 0 Å². The Hall–Kier alpha value is -3.14. The molecule has 0 unspecified atom stereocenters. The number of benzene rings is 2. The van der Waals surface area contributed by atoms with Crippen molar-refractivity contribution >= 4 is 24.0 Å². The minimum atomic E-state index is -0.485. The Bertz CT molecular complexity index is 772. The first-order valence-electron chi connectivity index (χ1n) is 6.75. The van der Waals surface area contributed by atoms with E-state index in [0.29, 0.717) is 0 Å². The Kier molecular flexibility index (Phi) is 3.83. The van der Waals surface area contributed by atoms with E-state index < -0.39 is 5.97 Å². The van der Waals surface area contributed by atoms with Gasteiger partial charge in [-0.05, 0) is 35.4 Å². The molecule has 3 rings (SSSR count). The first-order valence-corrected chi connectivity index (χ1v) is 6.75.